The van der Waals surface area contributed by atoms with E-state index in [4.69, 9.17) is 4.74 Å². The Morgan fingerprint density at radius 3 is 2.34 bits per heavy atom. The van der Waals surface area contributed by atoms with Crippen molar-refractivity contribution >= 4 is 56.1 Å². The van der Waals surface area contributed by atoms with Gasteiger partial charge in [-0.1, -0.05) is 40.8 Å². The van der Waals surface area contributed by atoms with Crippen molar-refractivity contribution in [3.63, 3.8) is 0 Å². The second-order valence-electron chi connectivity index (χ2n) is 6.15. The Balaban J connectivity index is 1.30. The zero-order valence-corrected chi connectivity index (χ0v) is 18.3. The summed E-state index contributed by atoms with van der Waals surface area (Å²) in [5, 5.41) is 18.8. The molecule has 0 bridgehead atoms. The standard InChI is InChI=1S/C20H19N5OS3/c1-13-3-5-14(6-4-13)21-18-23-16(11-27-18)12-28-20-25-24-19(29-20)22-15-7-9-17(26-2)10-8-15/h3-11H,12H2,1-2H3,(H,21,23)(H,22,24). The lowest BCUT2D eigenvalue weighted by atomic mass is 10.2. The molecule has 4 rings (SSSR count). The molecule has 0 aliphatic rings. The molecule has 0 fully saturated rings. The molecule has 9 heteroatoms. The van der Waals surface area contributed by atoms with E-state index in [1.807, 2.05) is 24.3 Å². The highest BCUT2D eigenvalue weighted by molar-refractivity contribution is 8.00. The Kier molecular flexibility index (Phi) is 6.28. The minimum Gasteiger partial charge on any atom is -0.497 e. The monoisotopic (exact) mass is 441 g/mol. The Labute approximate surface area is 181 Å². The number of thiazole rings is 1. The van der Waals surface area contributed by atoms with Gasteiger partial charge in [-0.25, -0.2) is 4.98 Å². The molecule has 0 radical (unpaired) electrons. The van der Waals surface area contributed by atoms with E-state index in [-0.39, 0.29) is 0 Å². The van der Waals surface area contributed by atoms with Crippen molar-refractivity contribution in [2.45, 2.75) is 17.0 Å². The molecule has 0 aliphatic heterocycles. The third kappa shape index (κ3) is 5.47. The molecule has 0 spiro atoms. The molecule has 2 heterocycles. The number of methoxy groups -OCH3 is 1. The van der Waals surface area contributed by atoms with Gasteiger partial charge in [0.25, 0.3) is 0 Å². The molecule has 0 unspecified atom stereocenters. The third-order valence-corrected chi connectivity index (χ3v) is 6.76. The van der Waals surface area contributed by atoms with Gasteiger partial charge in [-0.15, -0.1) is 21.5 Å². The molecule has 0 saturated heterocycles. The van der Waals surface area contributed by atoms with Crippen LogP contribution < -0.4 is 15.4 Å². The normalized spacial score (nSPS) is 10.7. The summed E-state index contributed by atoms with van der Waals surface area (Å²) in [6, 6.07) is 16.0. The highest BCUT2D eigenvalue weighted by Crippen LogP contribution is 2.31. The first kappa shape index (κ1) is 19.7. The first-order valence-corrected chi connectivity index (χ1v) is 11.5. The molecule has 2 aromatic heterocycles. The van der Waals surface area contributed by atoms with Crippen LogP contribution in [0, 0.1) is 6.92 Å². The van der Waals surface area contributed by atoms with Crippen molar-refractivity contribution in [2.75, 3.05) is 17.7 Å². The number of anilines is 4. The minimum absolute atomic E-state index is 0.753. The van der Waals surface area contributed by atoms with Gasteiger partial charge in [-0.05, 0) is 43.3 Å². The summed E-state index contributed by atoms with van der Waals surface area (Å²) in [4.78, 5) is 4.65. The van der Waals surface area contributed by atoms with Crippen LogP contribution >= 0.6 is 34.4 Å². The molecular weight excluding hydrogens is 422 g/mol. The first-order valence-electron chi connectivity index (χ1n) is 8.83. The quantitative estimate of drug-likeness (QED) is 0.321. The van der Waals surface area contributed by atoms with Crippen molar-refractivity contribution < 1.29 is 4.74 Å². The molecule has 2 N–H and O–H groups in total. The summed E-state index contributed by atoms with van der Waals surface area (Å²) in [5.74, 6) is 1.58. The molecule has 6 nitrogen and oxygen atoms in total. The zero-order valence-electron chi connectivity index (χ0n) is 15.9. The second-order valence-corrected chi connectivity index (χ2v) is 9.21. The highest BCUT2D eigenvalue weighted by atomic mass is 32.2. The molecule has 4 aromatic rings. The Morgan fingerprint density at radius 1 is 0.931 bits per heavy atom. The summed E-state index contributed by atoms with van der Waals surface area (Å²) in [6.07, 6.45) is 0. The van der Waals surface area contributed by atoms with Crippen LogP contribution in [0.4, 0.5) is 21.6 Å². The lowest BCUT2D eigenvalue weighted by Gasteiger charge is -2.03. The zero-order chi connectivity index (χ0) is 20.1. The minimum atomic E-state index is 0.753. The maximum atomic E-state index is 5.17. The van der Waals surface area contributed by atoms with E-state index in [1.165, 1.54) is 16.9 Å². The third-order valence-electron chi connectivity index (χ3n) is 3.95. The Hall–Kier alpha value is -2.62. The fourth-order valence-corrected chi connectivity index (χ4v) is 4.94. The van der Waals surface area contributed by atoms with Gasteiger partial charge in [-0.2, -0.15) is 0 Å². The molecule has 29 heavy (non-hydrogen) atoms. The summed E-state index contributed by atoms with van der Waals surface area (Å²) in [7, 11) is 1.65. The maximum absolute atomic E-state index is 5.17. The smallest absolute Gasteiger partial charge is 0.210 e. The Bertz CT molecular complexity index is 1060. The Morgan fingerprint density at radius 2 is 1.62 bits per heavy atom. The number of aryl methyl sites for hydroxylation is 1. The number of hydrogen-bond donors (Lipinski definition) is 2. The van der Waals surface area contributed by atoms with Crippen LogP contribution in [0.3, 0.4) is 0 Å². The van der Waals surface area contributed by atoms with Gasteiger partial charge in [0.2, 0.25) is 5.13 Å². The van der Waals surface area contributed by atoms with E-state index in [2.05, 4.69) is 62.4 Å². The van der Waals surface area contributed by atoms with Gasteiger partial charge in [0, 0.05) is 22.5 Å². The number of nitrogens with zero attached hydrogens (tertiary/aromatic N) is 3. The SMILES string of the molecule is COc1ccc(Nc2nnc(SCc3csc(Nc4ccc(C)cc4)n3)s2)cc1. The van der Waals surface area contributed by atoms with E-state index < -0.39 is 0 Å². The summed E-state index contributed by atoms with van der Waals surface area (Å²) >= 11 is 4.76. The number of hydrogen-bond acceptors (Lipinski definition) is 9. The van der Waals surface area contributed by atoms with Crippen LogP contribution in [0.1, 0.15) is 11.3 Å². The van der Waals surface area contributed by atoms with Gasteiger partial charge in [-0.3, -0.25) is 0 Å². The predicted molar refractivity (Wildman–Crippen MR) is 122 cm³/mol. The van der Waals surface area contributed by atoms with Crippen molar-refractivity contribution in [1.29, 1.82) is 0 Å². The van der Waals surface area contributed by atoms with Crippen LogP contribution in [-0.2, 0) is 5.75 Å². The van der Waals surface area contributed by atoms with Crippen molar-refractivity contribution in [3.8, 4) is 5.75 Å². The lowest BCUT2D eigenvalue weighted by molar-refractivity contribution is 0.415. The maximum Gasteiger partial charge on any atom is 0.210 e. The van der Waals surface area contributed by atoms with Gasteiger partial charge < -0.3 is 15.4 Å². The topological polar surface area (TPSA) is 72.0 Å². The van der Waals surface area contributed by atoms with Crippen LogP contribution in [0.25, 0.3) is 0 Å². The summed E-state index contributed by atoms with van der Waals surface area (Å²) in [6.45, 7) is 2.08. The molecule has 0 saturated carbocycles. The molecule has 2 aromatic carbocycles. The molecular formula is C20H19N5OS3. The average Bonchev–Trinajstić information content (AvgIpc) is 3.38. The number of aromatic nitrogens is 3. The molecule has 0 aliphatic carbocycles. The number of benzene rings is 2. The first-order chi connectivity index (χ1) is 14.2. The van der Waals surface area contributed by atoms with Crippen LogP contribution in [-0.4, -0.2) is 22.3 Å². The van der Waals surface area contributed by atoms with Crippen LogP contribution in [0.5, 0.6) is 5.75 Å². The summed E-state index contributed by atoms with van der Waals surface area (Å²) in [5.41, 5.74) is 4.26. The van der Waals surface area contributed by atoms with E-state index in [1.54, 1.807) is 30.2 Å². The van der Waals surface area contributed by atoms with Crippen LogP contribution in [0.2, 0.25) is 0 Å². The van der Waals surface area contributed by atoms with Crippen LogP contribution in [0.15, 0.2) is 58.3 Å². The molecule has 0 amide bonds. The van der Waals surface area contributed by atoms with E-state index in [9.17, 15) is 0 Å². The van der Waals surface area contributed by atoms with Crippen molar-refractivity contribution in [3.05, 3.63) is 65.2 Å². The number of thioether (sulfide) groups is 1. The fraction of sp³-hybridized carbons (Fsp3) is 0.150. The summed E-state index contributed by atoms with van der Waals surface area (Å²) < 4.78 is 6.08. The van der Waals surface area contributed by atoms with Gasteiger partial charge in [0.05, 0.1) is 12.8 Å². The molecule has 0 atom stereocenters. The number of rotatable bonds is 8. The van der Waals surface area contributed by atoms with E-state index >= 15 is 0 Å². The largest absolute Gasteiger partial charge is 0.497 e. The molecule has 148 valence electrons. The van der Waals surface area contributed by atoms with Crippen molar-refractivity contribution in [1.82, 2.24) is 15.2 Å². The average molecular weight is 442 g/mol. The number of ether oxygens (including phenoxy) is 1. The van der Waals surface area contributed by atoms with E-state index in [0.717, 1.165) is 43.2 Å². The second kappa shape index (κ2) is 9.25. The van der Waals surface area contributed by atoms with Gasteiger partial charge >= 0.3 is 0 Å². The predicted octanol–water partition coefficient (Wildman–Crippen LogP) is 6.09. The lowest BCUT2D eigenvalue weighted by Crippen LogP contribution is -1.90. The van der Waals surface area contributed by atoms with Gasteiger partial charge in [0.15, 0.2) is 9.47 Å². The van der Waals surface area contributed by atoms with Gasteiger partial charge in [0.1, 0.15) is 5.75 Å². The van der Waals surface area contributed by atoms with Crippen molar-refractivity contribution in [2.24, 2.45) is 0 Å². The number of nitrogens with one attached hydrogen (secondary N) is 2. The fourth-order valence-electron chi connectivity index (χ4n) is 2.44. The van der Waals surface area contributed by atoms with E-state index in [0.29, 0.717) is 0 Å². The highest BCUT2D eigenvalue weighted by Gasteiger charge is 2.08.